The lowest BCUT2D eigenvalue weighted by Crippen LogP contribution is -2.30. The van der Waals surface area contributed by atoms with E-state index in [0.29, 0.717) is 23.2 Å². The van der Waals surface area contributed by atoms with Crippen LogP contribution in [-0.4, -0.2) is 52.1 Å². The molecule has 2 aromatic heterocycles. The molecule has 0 unspecified atom stereocenters. The van der Waals surface area contributed by atoms with Gasteiger partial charge >= 0.3 is 6.36 Å². The number of pyridine rings is 1. The van der Waals surface area contributed by atoms with Gasteiger partial charge in [-0.15, -0.1) is 13.2 Å². The number of aromatic nitrogens is 3. The van der Waals surface area contributed by atoms with E-state index < -0.39 is 25.6 Å². The van der Waals surface area contributed by atoms with E-state index in [2.05, 4.69) is 9.72 Å². The quantitative estimate of drug-likeness (QED) is 0.336. The number of imidazole rings is 1. The molecule has 0 spiro atoms. The van der Waals surface area contributed by atoms with Crippen molar-refractivity contribution in [3.05, 3.63) is 71.7 Å². The van der Waals surface area contributed by atoms with Gasteiger partial charge in [0.05, 0.1) is 28.6 Å². The van der Waals surface area contributed by atoms with E-state index in [9.17, 15) is 22.5 Å². The highest BCUT2D eigenvalue weighted by Gasteiger charge is 2.46. The number of ether oxygens (including phenoxy) is 1. The van der Waals surface area contributed by atoms with E-state index in [1.165, 1.54) is 23.1 Å². The van der Waals surface area contributed by atoms with Crippen molar-refractivity contribution in [3.63, 3.8) is 0 Å². The standard InChI is InChI=1S/C26H22F3N4O3P/c1-32-20-12-19(23-16(25(32)34)5-4-6-21(23)36-26(27,28)29)33-18-11-14(7-9-17(18)31-24(20)33)15-8-10-22(30-13-15)37(2,3)35/h4-11,13,19-20H,12H2,1-3H3/t19-,20-/m1/s1. The zero-order valence-electron chi connectivity index (χ0n) is 20.2. The number of hydrogen-bond acceptors (Lipinski definition) is 5. The Morgan fingerprint density at radius 2 is 1.81 bits per heavy atom. The van der Waals surface area contributed by atoms with Gasteiger partial charge in [0.1, 0.15) is 18.7 Å². The first-order chi connectivity index (χ1) is 17.4. The summed E-state index contributed by atoms with van der Waals surface area (Å²) >= 11 is 0. The summed E-state index contributed by atoms with van der Waals surface area (Å²) in [6.07, 6.45) is -2.85. The number of amides is 1. The maximum atomic E-state index is 13.3. The lowest BCUT2D eigenvalue weighted by atomic mass is 9.97. The first-order valence-corrected chi connectivity index (χ1v) is 14.2. The van der Waals surface area contributed by atoms with Gasteiger partial charge in [0.25, 0.3) is 5.91 Å². The fraction of sp³-hybridized carbons (Fsp3) is 0.269. The van der Waals surface area contributed by atoms with Crippen molar-refractivity contribution in [3.8, 4) is 16.9 Å². The molecule has 0 saturated carbocycles. The molecule has 2 atom stereocenters. The molecule has 0 saturated heterocycles. The van der Waals surface area contributed by atoms with Crippen LogP contribution >= 0.6 is 7.14 Å². The monoisotopic (exact) mass is 526 g/mol. The molecule has 2 bridgehead atoms. The molecule has 2 aliphatic heterocycles. The maximum absolute atomic E-state index is 13.3. The largest absolute Gasteiger partial charge is 0.573 e. The molecule has 37 heavy (non-hydrogen) atoms. The molecule has 4 heterocycles. The number of fused-ring (bicyclic) bond motifs is 9. The molecule has 0 aliphatic carbocycles. The summed E-state index contributed by atoms with van der Waals surface area (Å²) in [4.78, 5) is 23.9. The fourth-order valence-electron chi connectivity index (χ4n) is 5.35. The number of benzene rings is 2. The fourth-order valence-corrected chi connectivity index (χ4v) is 6.12. The van der Waals surface area contributed by atoms with Crippen LogP contribution in [0.4, 0.5) is 13.2 Å². The number of alkyl halides is 3. The van der Waals surface area contributed by atoms with Crippen LogP contribution in [-0.2, 0) is 4.57 Å². The topological polar surface area (TPSA) is 77.3 Å². The second kappa shape index (κ2) is 7.92. The zero-order chi connectivity index (χ0) is 26.3. The Morgan fingerprint density at radius 3 is 2.49 bits per heavy atom. The Balaban J connectivity index is 1.53. The molecule has 2 aliphatic rings. The van der Waals surface area contributed by atoms with Crippen LogP contribution in [0, 0.1) is 0 Å². The van der Waals surface area contributed by atoms with Crippen molar-refractivity contribution in [2.24, 2.45) is 0 Å². The van der Waals surface area contributed by atoms with Gasteiger partial charge in [-0.2, -0.15) is 0 Å². The van der Waals surface area contributed by atoms with Crippen LogP contribution in [0.3, 0.4) is 0 Å². The van der Waals surface area contributed by atoms with Crippen molar-refractivity contribution in [1.29, 1.82) is 0 Å². The molecule has 2 aromatic carbocycles. The van der Waals surface area contributed by atoms with Crippen LogP contribution in [0.15, 0.2) is 54.7 Å². The van der Waals surface area contributed by atoms with Crippen molar-refractivity contribution >= 4 is 29.5 Å². The minimum atomic E-state index is -4.90. The molecule has 0 fully saturated rings. The summed E-state index contributed by atoms with van der Waals surface area (Å²) in [6, 6.07) is 12.5. The van der Waals surface area contributed by atoms with Gasteiger partial charge in [-0.25, -0.2) is 4.98 Å². The summed E-state index contributed by atoms with van der Waals surface area (Å²) < 4.78 is 58.6. The number of hydrogen-bond donors (Lipinski definition) is 0. The molecule has 11 heteroatoms. The first kappa shape index (κ1) is 23.7. The van der Waals surface area contributed by atoms with Crippen LogP contribution in [0.5, 0.6) is 5.75 Å². The van der Waals surface area contributed by atoms with Crippen LogP contribution < -0.4 is 10.2 Å². The van der Waals surface area contributed by atoms with Gasteiger partial charge in [-0.3, -0.25) is 9.78 Å². The highest BCUT2D eigenvalue weighted by molar-refractivity contribution is 7.69. The summed E-state index contributed by atoms with van der Waals surface area (Å²) in [5.41, 5.74) is 3.97. The van der Waals surface area contributed by atoms with Crippen LogP contribution in [0.2, 0.25) is 0 Å². The number of nitrogens with zero attached hydrogens (tertiary/aromatic N) is 4. The number of rotatable bonds is 3. The lowest BCUT2D eigenvalue weighted by Gasteiger charge is -2.25. The second-order valence-corrected chi connectivity index (χ2v) is 12.9. The van der Waals surface area contributed by atoms with Crippen molar-refractivity contribution in [2.75, 3.05) is 20.4 Å². The average Bonchev–Trinajstić information content (AvgIpc) is 3.35. The third kappa shape index (κ3) is 3.82. The first-order valence-electron chi connectivity index (χ1n) is 11.6. The molecular weight excluding hydrogens is 504 g/mol. The predicted octanol–water partition coefficient (Wildman–Crippen LogP) is 5.36. The van der Waals surface area contributed by atoms with Gasteiger partial charge in [0.15, 0.2) is 0 Å². The van der Waals surface area contributed by atoms with Crippen LogP contribution in [0.1, 0.15) is 40.3 Å². The Morgan fingerprint density at radius 1 is 1.05 bits per heavy atom. The van der Waals surface area contributed by atoms with Gasteiger partial charge in [0.2, 0.25) is 0 Å². The van der Waals surface area contributed by atoms with Crippen molar-refractivity contribution in [2.45, 2.75) is 24.9 Å². The third-order valence-electron chi connectivity index (χ3n) is 7.05. The van der Waals surface area contributed by atoms with E-state index >= 15 is 0 Å². The molecule has 190 valence electrons. The van der Waals surface area contributed by atoms with Gasteiger partial charge in [0, 0.05) is 36.4 Å². The zero-order valence-corrected chi connectivity index (χ0v) is 21.0. The molecule has 4 aromatic rings. The molecule has 0 radical (unpaired) electrons. The predicted molar refractivity (Wildman–Crippen MR) is 133 cm³/mol. The van der Waals surface area contributed by atoms with Crippen molar-refractivity contribution < 1.29 is 27.3 Å². The lowest BCUT2D eigenvalue weighted by molar-refractivity contribution is -0.275. The highest BCUT2D eigenvalue weighted by Crippen LogP contribution is 2.50. The Bertz CT molecular complexity index is 1620. The summed E-state index contributed by atoms with van der Waals surface area (Å²) in [5, 5.41) is 0. The Kier molecular flexibility index (Phi) is 5.08. The Labute approximate surface area is 210 Å². The van der Waals surface area contributed by atoms with E-state index in [1.54, 1.807) is 32.6 Å². The van der Waals surface area contributed by atoms with E-state index in [1.807, 2.05) is 28.8 Å². The summed E-state index contributed by atoms with van der Waals surface area (Å²) in [6.45, 7) is 3.32. The smallest absolute Gasteiger partial charge is 0.405 e. The molecule has 6 rings (SSSR count). The van der Waals surface area contributed by atoms with Gasteiger partial charge in [-0.05, 0) is 49.2 Å². The van der Waals surface area contributed by atoms with Gasteiger partial charge in [-0.1, -0.05) is 18.2 Å². The number of halogens is 3. The minimum Gasteiger partial charge on any atom is -0.405 e. The normalized spacial score (nSPS) is 19.1. The van der Waals surface area contributed by atoms with E-state index in [4.69, 9.17) is 4.98 Å². The molecule has 7 nitrogen and oxygen atoms in total. The maximum Gasteiger partial charge on any atom is 0.573 e. The average molecular weight is 526 g/mol. The minimum absolute atomic E-state index is 0.184. The van der Waals surface area contributed by atoms with E-state index in [-0.39, 0.29) is 22.8 Å². The molecule has 1 amide bonds. The van der Waals surface area contributed by atoms with Crippen molar-refractivity contribution in [1.82, 2.24) is 19.4 Å². The van der Waals surface area contributed by atoms with E-state index in [0.717, 1.165) is 16.6 Å². The van der Waals surface area contributed by atoms with Gasteiger partial charge < -0.3 is 18.8 Å². The molecule has 0 N–H and O–H groups in total. The summed E-state index contributed by atoms with van der Waals surface area (Å²) in [5.74, 6) is -0.136. The number of carbonyl (C=O) groups is 1. The third-order valence-corrected chi connectivity index (χ3v) is 8.42. The SMILES string of the molecule is CN1C(=O)c2cccc(OC(F)(F)F)c2[C@H]2C[C@@H]1c1nc3ccc(-c4ccc(P(C)(C)=O)nc4)cc3n12. The van der Waals surface area contributed by atoms with Crippen LogP contribution in [0.25, 0.3) is 22.2 Å². The number of carbonyl (C=O) groups excluding carboxylic acids is 1. The highest BCUT2D eigenvalue weighted by atomic mass is 31.2. The summed E-state index contributed by atoms with van der Waals surface area (Å²) in [7, 11) is -0.854. The second-order valence-electron chi connectivity index (χ2n) is 9.75. The Hall–Kier alpha value is -3.65. The molecular formula is C26H22F3N4O3P.